The molecule has 0 amide bonds. The monoisotopic (exact) mass is 282 g/mol. The third-order valence-electron chi connectivity index (χ3n) is 3.94. The largest absolute Gasteiger partial charge is 0.457 e. The fourth-order valence-electron chi connectivity index (χ4n) is 3.07. The summed E-state index contributed by atoms with van der Waals surface area (Å²) in [5, 5.41) is 0. The summed E-state index contributed by atoms with van der Waals surface area (Å²) in [7, 11) is 0. The molecule has 0 saturated heterocycles. The Kier molecular flexibility index (Phi) is 4.14. The van der Waals surface area contributed by atoms with Gasteiger partial charge in [0.15, 0.2) is 0 Å². The van der Waals surface area contributed by atoms with Crippen LogP contribution in [0, 0.1) is 0 Å². The van der Waals surface area contributed by atoms with Gasteiger partial charge in [-0.1, -0.05) is 51.0 Å². The Bertz CT molecular complexity index is 576. The first-order chi connectivity index (χ1) is 10.3. The molecule has 1 aliphatic rings. The molecule has 3 rings (SSSR count). The van der Waals surface area contributed by atoms with Gasteiger partial charge >= 0.3 is 0 Å². The zero-order chi connectivity index (χ0) is 14.7. The van der Waals surface area contributed by atoms with E-state index in [-0.39, 0.29) is 6.79 Å². The van der Waals surface area contributed by atoms with Crippen LogP contribution in [0.3, 0.4) is 0 Å². The summed E-state index contributed by atoms with van der Waals surface area (Å²) in [4.78, 5) is 0. The lowest BCUT2D eigenvalue weighted by Gasteiger charge is -2.16. The van der Waals surface area contributed by atoms with E-state index in [0.717, 1.165) is 37.2 Å². The Morgan fingerprint density at radius 2 is 1.24 bits per heavy atom. The van der Waals surface area contributed by atoms with Gasteiger partial charge in [0.05, 0.1) is 0 Å². The zero-order valence-electron chi connectivity index (χ0n) is 12.8. The molecule has 2 aromatic carbocycles. The van der Waals surface area contributed by atoms with Crippen LogP contribution in [0.25, 0.3) is 11.1 Å². The molecule has 0 N–H and O–H groups in total. The third-order valence-corrected chi connectivity index (χ3v) is 3.94. The normalized spacial score (nSPS) is 12.7. The van der Waals surface area contributed by atoms with Crippen molar-refractivity contribution in [3.05, 3.63) is 47.5 Å². The average molecular weight is 282 g/mol. The molecule has 1 aliphatic heterocycles. The van der Waals surface area contributed by atoms with Crippen LogP contribution >= 0.6 is 0 Å². The summed E-state index contributed by atoms with van der Waals surface area (Å²) < 4.78 is 11.7. The second-order valence-corrected chi connectivity index (χ2v) is 5.49. The third kappa shape index (κ3) is 2.63. The van der Waals surface area contributed by atoms with E-state index in [2.05, 4.69) is 50.2 Å². The molecule has 0 atom stereocenters. The lowest BCUT2D eigenvalue weighted by Crippen LogP contribution is -2.03. The molecule has 110 valence electrons. The molecule has 0 unspecified atom stereocenters. The lowest BCUT2D eigenvalue weighted by molar-refractivity contribution is 0.124. The van der Waals surface area contributed by atoms with Crippen molar-refractivity contribution in [1.82, 2.24) is 0 Å². The van der Waals surface area contributed by atoms with Gasteiger partial charge in [0.1, 0.15) is 11.5 Å². The highest BCUT2D eigenvalue weighted by atomic mass is 16.7. The fourth-order valence-corrected chi connectivity index (χ4v) is 3.07. The van der Waals surface area contributed by atoms with E-state index in [0.29, 0.717) is 0 Å². The second-order valence-electron chi connectivity index (χ2n) is 5.49. The number of benzene rings is 2. The molecule has 0 fully saturated rings. The summed E-state index contributed by atoms with van der Waals surface area (Å²) in [5.41, 5.74) is 5.17. The molecule has 0 spiro atoms. The number of hydrogen-bond acceptors (Lipinski definition) is 2. The van der Waals surface area contributed by atoms with Crippen LogP contribution in [0.2, 0.25) is 0 Å². The predicted octanol–water partition coefficient (Wildman–Crippen LogP) is 4.99. The Morgan fingerprint density at radius 1 is 0.762 bits per heavy atom. The van der Waals surface area contributed by atoms with Crippen molar-refractivity contribution in [3.63, 3.8) is 0 Å². The van der Waals surface area contributed by atoms with Gasteiger partial charge in [-0.3, -0.25) is 0 Å². The molecule has 0 aromatic heterocycles. The Labute approximate surface area is 126 Å². The highest BCUT2D eigenvalue weighted by Crippen LogP contribution is 2.43. The number of hydrogen-bond donors (Lipinski definition) is 0. The highest BCUT2D eigenvalue weighted by molar-refractivity contribution is 5.82. The number of ether oxygens (including phenoxy) is 2. The van der Waals surface area contributed by atoms with E-state index in [1.165, 1.54) is 22.3 Å². The van der Waals surface area contributed by atoms with Crippen LogP contribution < -0.4 is 9.47 Å². The van der Waals surface area contributed by atoms with Crippen LogP contribution in [-0.4, -0.2) is 6.79 Å². The number of fused-ring (bicyclic) bond motifs is 3. The smallest absolute Gasteiger partial charge is 0.230 e. The van der Waals surface area contributed by atoms with E-state index in [1.807, 2.05) is 0 Å². The van der Waals surface area contributed by atoms with Gasteiger partial charge in [-0.15, -0.1) is 0 Å². The first-order valence-corrected chi connectivity index (χ1v) is 7.84. The van der Waals surface area contributed by atoms with Crippen molar-refractivity contribution >= 4 is 0 Å². The van der Waals surface area contributed by atoms with Crippen molar-refractivity contribution in [2.24, 2.45) is 0 Å². The number of rotatable bonds is 4. The quantitative estimate of drug-likeness (QED) is 0.786. The van der Waals surface area contributed by atoms with Crippen molar-refractivity contribution in [2.45, 2.75) is 39.5 Å². The molecule has 0 radical (unpaired) electrons. The van der Waals surface area contributed by atoms with Crippen molar-refractivity contribution < 1.29 is 9.47 Å². The summed E-state index contributed by atoms with van der Waals surface area (Å²) in [6.45, 7) is 4.71. The molecule has 0 bridgehead atoms. The minimum atomic E-state index is 0.283. The maximum absolute atomic E-state index is 5.83. The summed E-state index contributed by atoms with van der Waals surface area (Å²) in [5.74, 6) is 1.89. The summed E-state index contributed by atoms with van der Waals surface area (Å²) in [6, 6.07) is 12.7. The number of aryl methyl sites for hydroxylation is 2. The van der Waals surface area contributed by atoms with Gasteiger partial charge in [-0.05, 0) is 36.1 Å². The first kappa shape index (κ1) is 14.0. The molecular weight excluding hydrogens is 260 g/mol. The molecule has 0 aliphatic carbocycles. The van der Waals surface area contributed by atoms with Crippen LogP contribution in [0.4, 0.5) is 0 Å². The minimum Gasteiger partial charge on any atom is -0.457 e. The second kappa shape index (κ2) is 6.21. The van der Waals surface area contributed by atoms with Gasteiger partial charge in [-0.2, -0.15) is 0 Å². The van der Waals surface area contributed by atoms with Gasteiger partial charge in [0.25, 0.3) is 0 Å². The van der Waals surface area contributed by atoms with Crippen LogP contribution in [0.1, 0.15) is 37.8 Å². The Hall–Kier alpha value is -1.96. The van der Waals surface area contributed by atoms with Crippen molar-refractivity contribution in [2.75, 3.05) is 6.79 Å². The lowest BCUT2D eigenvalue weighted by atomic mass is 9.90. The van der Waals surface area contributed by atoms with Gasteiger partial charge in [-0.25, -0.2) is 0 Å². The van der Waals surface area contributed by atoms with Gasteiger partial charge in [0, 0.05) is 11.1 Å². The zero-order valence-corrected chi connectivity index (χ0v) is 12.8. The van der Waals surface area contributed by atoms with Crippen LogP contribution in [-0.2, 0) is 12.8 Å². The van der Waals surface area contributed by atoms with Gasteiger partial charge < -0.3 is 9.47 Å². The SMILES string of the molecule is CCCc1cccc2c1-c1c(CCC)cccc1OCO2. The molecule has 1 heterocycles. The Balaban J connectivity index is 2.25. The molecular formula is C19H22O2. The highest BCUT2D eigenvalue weighted by Gasteiger charge is 2.21. The van der Waals surface area contributed by atoms with E-state index < -0.39 is 0 Å². The molecule has 2 heteroatoms. The summed E-state index contributed by atoms with van der Waals surface area (Å²) in [6.07, 6.45) is 4.38. The van der Waals surface area contributed by atoms with E-state index >= 15 is 0 Å². The molecule has 2 aromatic rings. The van der Waals surface area contributed by atoms with E-state index in [4.69, 9.17) is 9.47 Å². The summed E-state index contributed by atoms with van der Waals surface area (Å²) >= 11 is 0. The molecule has 0 saturated carbocycles. The predicted molar refractivity (Wildman–Crippen MR) is 86.0 cm³/mol. The Morgan fingerprint density at radius 3 is 1.67 bits per heavy atom. The molecule has 21 heavy (non-hydrogen) atoms. The fraction of sp³-hybridized carbons (Fsp3) is 0.368. The van der Waals surface area contributed by atoms with Gasteiger partial charge in [0.2, 0.25) is 6.79 Å². The minimum absolute atomic E-state index is 0.283. The van der Waals surface area contributed by atoms with Crippen molar-refractivity contribution in [1.29, 1.82) is 0 Å². The van der Waals surface area contributed by atoms with Crippen LogP contribution in [0.5, 0.6) is 11.5 Å². The maximum atomic E-state index is 5.83. The van der Waals surface area contributed by atoms with Crippen LogP contribution in [0.15, 0.2) is 36.4 Å². The average Bonchev–Trinajstić information content (AvgIpc) is 2.68. The first-order valence-electron chi connectivity index (χ1n) is 7.84. The van der Waals surface area contributed by atoms with Crippen molar-refractivity contribution in [3.8, 4) is 22.6 Å². The topological polar surface area (TPSA) is 18.5 Å². The molecule has 2 nitrogen and oxygen atoms in total. The maximum Gasteiger partial charge on any atom is 0.230 e. The van der Waals surface area contributed by atoms with E-state index in [1.54, 1.807) is 0 Å². The van der Waals surface area contributed by atoms with E-state index in [9.17, 15) is 0 Å². The standard InChI is InChI=1S/C19H22O2/c1-3-7-14-9-5-11-16-18(14)19-15(8-4-2)10-6-12-17(19)21-13-20-16/h5-6,9-12H,3-4,7-8,13H2,1-2H3.